The Hall–Kier alpha value is -1.03. The maximum Gasteiger partial charge on any atom is 0.171 e. The average molecular weight is 155 g/mol. The van der Waals surface area contributed by atoms with Crippen LogP contribution >= 0.6 is 0 Å². The second-order valence-electron chi connectivity index (χ2n) is 2.58. The highest BCUT2D eigenvalue weighted by molar-refractivity contribution is 5.35. The van der Waals surface area contributed by atoms with E-state index in [-0.39, 0.29) is 0 Å². The van der Waals surface area contributed by atoms with E-state index >= 15 is 0 Å². The highest BCUT2D eigenvalue weighted by Crippen LogP contribution is 2.10. The molecule has 1 rings (SSSR count). The van der Waals surface area contributed by atoms with Gasteiger partial charge in [0.05, 0.1) is 6.54 Å². The van der Waals surface area contributed by atoms with Gasteiger partial charge in [-0.2, -0.15) is 0 Å². The SMILES string of the molecule is CNCc1cc(N(C)C)no1. The summed E-state index contributed by atoms with van der Waals surface area (Å²) in [4.78, 5) is 1.91. The van der Waals surface area contributed by atoms with E-state index in [4.69, 9.17) is 4.52 Å². The quantitative estimate of drug-likeness (QED) is 0.688. The molecule has 1 N–H and O–H groups in total. The molecular formula is C7H13N3O. The van der Waals surface area contributed by atoms with Crippen LogP contribution in [0.15, 0.2) is 10.6 Å². The van der Waals surface area contributed by atoms with Gasteiger partial charge in [-0.3, -0.25) is 0 Å². The molecule has 0 aliphatic carbocycles. The van der Waals surface area contributed by atoms with Crippen molar-refractivity contribution in [2.75, 3.05) is 26.0 Å². The fraction of sp³-hybridized carbons (Fsp3) is 0.571. The summed E-state index contributed by atoms with van der Waals surface area (Å²) < 4.78 is 5.01. The number of rotatable bonds is 3. The van der Waals surface area contributed by atoms with Crippen LogP contribution in [0, 0.1) is 0 Å². The van der Waals surface area contributed by atoms with Crippen molar-refractivity contribution in [3.63, 3.8) is 0 Å². The maximum absolute atomic E-state index is 5.01. The minimum absolute atomic E-state index is 0.723. The Kier molecular flexibility index (Phi) is 2.48. The van der Waals surface area contributed by atoms with E-state index in [0.717, 1.165) is 18.1 Å². The van der Waals surface area contributed by atoms with Crippen molar-refractivity contribution in [3.8, 4) is 0 Å². The van der Waals surface area contributed by atoms with Crippen molar-refractivity contribution in [3.05, 3.63) is 11.8 Å². The summed E-state index contributed by atoms with van der Waals surface area (Å²) in [5.41, 5.74) is 0. The van der Waals surface area contributed by atoms with E-state index in [1.54, 1.807) is 0 Å². The maximum atomic E-state index is 5.01. The van der Waals surface area contributed by atoms with E-state index in [0.29, 0.717) is 0 Å². The molecule has 0 saturated carbocycles. The lowest BCUT2D eigenvalue weighted by Crippen LogP contribution is -2.08. The summed E-state index contributed by atoms with van der Waals surface area (Å²) in [7, 11) is 5.74. The number of nitrogens with zero attached hydrogens (tertiary/aromatic N) is 2. The van der Waals surface area contributed by atoms with Gasteiger partial charge in [0.25, 0.3) is 0 Å². The van der Waals surface area contributed by atoms with Crippen molar-refractivity contribution >= 4 is 5.82 Å². The van der Waals surface area contributed by atoms with Crippen LogP contribution in [0.25, 0.3) is 0 Å². The smallest absolute Gasteiger partial charge is 0.171 e. The first kappa shape index (κ1) is 8.07. The van der Waals surface area contributed by atoms with Crippen LogP contribution in [0.5, 0.6) is 0 Å². The zero-order chi connectivity index (χ0) is 8.27. The van der Waals surface area contributed by atoms with Gasteiger partial charge in [0.2, 0.25) is 0 Å². The van der Waals surface area contributed by atoms with Crippen LogP contribution in [-0.4, -0.2) is 26.3 Å². The van der Waals surface area contributed by atoms with Gasteiger partial charge in [-0.15, -0.1) is 0 Å². The minimum atomic E-state index is 0.723. The summed E-state index contributed by atoms with van der Waals surface area (Å²) in [5, 5.41) is 6.83. The van der Waals surface area contributed by atoms with E-state index < -0.39 is 0 Å². The van der Waals surface area contributed by atoms with Crippen LogP contribution in [0.4, 0.5) is 5.82 Å². The fourth-order valence-corrected chi connectivity index (χ4v) is 0.770. The van der Waals surface area contributed by atoms with Crippen molar-refractivity contribution in [2.24, 2.45) is 0 Å². The van der Waals surface area contributed by atoms with E-state index in [1.165, 1.54) is 0 Å². The van der Waals surface area contributed by atoms with Gasteiger partial charge >= 0.3 is 0 Å². The summed E-state index contributed by atoms with van der Waals surface area (Å²) in [6, 6.07) is 1.91. The third kappa shape index (κ3) is 1.94. The standard InChI is InChI=1S/C7H13N3O/c1-8-5-6-4-7(9-11-6)10(2)3/h4,8H,5H2,1-3H3. The number of anilines is 1. The lowest BCUT2D eigenvalue weighted by Gasteiger charge is -2.03. The molecule has 1 aromatic heterocycles. The Morgan fingerprint density at radius 2 is 2.36 bits per heavy atom. The second kappa shape index (κ2) is 3.39. The molecule has 0 bridgehead atoms. The topological polar surface area (TPSA) is 41.3 Å². The molecule has 4 nitrogen and oxygen atoms in total. The Bertz CT molecular complexity index is 219. The van der Waals surface area contributed by atoms with Gasteiger partial charge in [-0.25, -0.2) is 0 Å². The summed E-state index contributed by atoms with van der Waals surface area (Å²) in [5.74, 6) is 1.71. The van der Waals surface area contributed by atoms with Crippen LogP contribution in [0.2, 0.25) is 0 Å². The van der Waals surface area contributed by atoms with E-state index in [2.05, 4.69) is 10.5 Å². The number of aromatic nitrogens is 1. The molecule has 62 valence electrons. The molecule has 0 aromatic carbocycles. The van der Waals surface area contributed by atoms with Gasteiger partial charge in [0, 0.05) is 20.2 Å². The Labute approximate surface area is 66.2 Å². The average Bonchev–Trinajstić information content (AvgIpc) is 2.37. The molecule has 0 unspecified atom stereocenters. The highest BCUT2D eigenvalue weighted by atomic mass is 16.5. The van der Waals surface area contributed by atoms with Gasteiger partial charge in [0.1, 0.15) is 0 Å². The third-order valence-corrected chi connectivity index (χ3v) is 1.36. The van der Waals surface area contributed by atoms with Gasteiger partial charge < -0.3 is 14.7 Å². The molecule has 1 aromatic rings. The third-order valence-electron chi connectivity index (χ3n) is 1.36. The van der Waals surface area contributed by atoms with Crippen molar-refractivity contribution in [1.82, 2.24) is 10.5 Å². The van der Waals surface area contributed by atoms with Crippen molar-refractivity contribution < 1.29 is 4.52 Å². The molecule has 0 atom stereocenters. The molecule has 0 aliphatic rings. The molecule has 0 spiro atoms. The first-order chi connectivity index (χ1) is 5.24. The largest absolute Gasteiger partial charge is 0.360 e. The number of hydrogen-bond donors (Lipinski definition) is 1. The normalized spacial score (nSPS) is 10.1. The summed E-state index contributed by atoms with van der Waals surface area (Å²) >= 11 is 0. The Morgan fingerprint density at radius 3 is 2.82 bits per heavy atom. The lowest BCUT2D eigenvalue weighted by molar-refractivity contribution is 0.378. The van der Waals surface area contributed by atoms with Crippen LogP contribution in [0.1, 0.15) is 5.76 Å². The number of hydrogen-bond acceptors (Lipinski definition) is 4. The summed E-state index contributed by atoms with van der Waals surface area (Å²) in [6.07, 6.45) is 0. The molecule has 1 heterocycles. The van der Waals surface area contributed by atoms with E-state index in [9.17, 15) is 0 Å². The lowest BCUT2D eigenvalue weighted by atomic mass is 10.4. The van der Waals surface area contributed by atoms with E-state index in [1.807, 2.05) is 32.1 Å². The molecule has 0 saturated heterocycles. The summed E-state index contributed by atoms with van der Waals surface area (Å²) in [6.45, 7) is 0.723. The van der Waals surface area contributed by atoms with Gasteiger partial charge in [0.15, 0.2) is 11.6 Å². The van der Waals surface area contributed by atoms with Crippen molar-refractivity contribution in [1.29, 1.82) is 0 Å². The molecule has 11 heavy (non-hydrogen) atoms. The molecule has 0 amide bonds. The molecule has 0 radical (unpaired) electrons. The first-order valence-corrected chi connectivity index (χ1v) is 3.51. The molecule has 4 heteroatoms. The fourth-order valence-electron chi connectivity index (χ4n) is 0.770. The zero-order valence-corrected chi connectivity index (χ0v) is 7.09. The zero-order valence-electron chi connectivity index (χ0n) is 7.09. The second-order valence-corrected chi connectivity index (χ2v) is 2.58. The van der Waals surface area contributed by atoms with Crippen LogP contribution in [-0.2, 0) is 6.54 Å². The minimum Gasteiger partial charge on any atom is -0.360 e. The number of nitrogens with one attached hydrogen (secondary N) is 1. The van der Waals surface area contributed by atoms with Crippen LogP contribution in [0.3, 0.4) is 0 Å². The van der Waals surface area contributed by atoms with Gasteiger partial charge in [-0.1, -0.05) is 5.16 Å². The highest BCUT2D eigenvalue weighted by Gasteiger charge is 2.03. The van der Waals surface area contributed by atoms with Crippen molar-refractivity contribution in [2.45, 2.75) is 6.54 Å². The Morgan fingerprint density at radius 1 is 1.64 bits per heavy atom. The van der Waals surface area contributed by atoms with Gasteiger partial charge in [-0.05, 0) is 7.05 Å². The predicted octanol–water partition coefficient (Wildman–Crippen LogP) is 0.460. The molecule has 0 aliphatic heterocycles. The molecular weight excluding hydrogens is 142 g/mol. The predicted molar refractivity (Wildman–Crippen MR) is 43.6 cm³/mol. The molecule has 0 fully saturated rings. The monoisotopic (exact) mass is 155 g/mol. The van der Waals surface area contributed by atoms with Crippen LogP contribution < -0.4 is 10.2 Å². The first-order valence-electron chi connectivity index (χ1n) is 3.51. The Balaban J connectivity index is 2.66.